The summed E-state index contributed by atoms with van der Waals surface area (Å²) in [5.74, 6) is 0.821. The molecule has 1 aromatic carbocycles. The molecule has 0 spiro atoms. The van der Waals surface area contributed by atoms with E-state index in [4.69, 9.17) is 0 Å². The zero-order valence-electron chi connectivity index (χ0n) is 11.0. The van der Waals surface area contributed by atoms with Crippen LogP contribution in [0.25, 0.3) is 0 Å². The third-order valence-corrected chi connectivity index (χ3v) is 4.68. The third-order valence-electron chi connectivity index (χ3n) is 3.68. The summed E-state index contributed by atoms with van der Waals surface area (Å²) < 4.78 is 0. The Hall–Kier alpha value is -2.14. The average Bonchev–Trinajstić information content (AvgIpc) is 3.09. The number of para-hydroxylation sites is 1. The van der Waals surface area contributed by atoms with Crippen molar-refractivity contribution in [2.75, 3.05) is 18.0 Å². The first kappa shape index (κ1) is 11.7. The van der Waals surface area contributed by atoms with Crippen molar-refractivity contribution in [2.45, 2.75) is 6.92 Å². The highest BCUT2D eigenvalue weighted by Gasteiger charge is 2.38. The minimum atomic E-state index is 0.0577. The standard InChI is InChI=1S/C15H13N3OS/c1-10-6-9-20-14(10)18-12-5-3-2-4-11(12)13(19)17-8-7-16-15(17)18/h2-6,9H,7-8H2,1H3. The van der Waals surface area contributed by atoms with E-state index >= 15 is 0 Å². The van der Waals surface area contributed by atoms with E-state index in [-0.39, 0.29) is 5.91 Å². The second-order valence-electron chi connectivity index (χ2n) is 4.90. The number of benzene rings is 1. The number of carbonyl (C=O) groups is 1. The van der Waals surface area contributed by atoms with Gasteiger partial charge in [0.15, 0.2) is 0 Å². The number of aliphatic imine (C=N–C) groups is 1. The molecule has 0 N–H and O–H groups in total. The van der Waals surface area contributed by atoms with E-state index in [1.807, 2.05) is 24.3 Å². The van der Waals surface area contributed by atoms with Crippen molar-refractivity contribution in [2.24, 2.45) is 4.99 Å². The molecule has 1 amide bonds. The van der Waals surface area contributed by atoms with Gasteiger partial charge in [0.2, 0.25) is 5.96 Å². The molecule has 2 aliphatic rings. The lowest BCUT2D eigenvalue weighted by atomic mass is 10.1. The average molecular weight is 283 g/mol. The highest BCUT2D eigenvalue weighted by molar-refractivity contribution is 7.14. The fourth-order valence-corrected chi connectivity index (χ4v) is 3.66. The summed E-state index contributed by atoms with van der Waals surface area (Å²) in [4.78, 5) is 21.0. The quantitative estimate of drug-likeness (QED) is 0.806. The van der Waals surface area contributed by atoms with Gasteiger partial charge in [-0.1, -0.05) is 12.1 Å². The zero-order chi connectivity index (χ0) is 13.7. The van der Waals surface area contributed by atoms with Crippen LogP contribution in [0.2, 0.25) is 0 Å². The van der Waals surface area contributed by atoms with Gasteiger partial charge in [0.25, 0.3) is 5.91 Å². The smallest absolute Gasteiger partial charge is 0.262 e. The van der Waals surface area contributed by atoms with Crippen LogP contribution in [0, 0.1) is 6.92 Å². The maximum Gasteiger partial charge on any atom is 0.262 e. The number of aryl methyl sites for hydroxylation is 1. The fourth-order valence-electron chi connectivity index (χ4n) is 2.72. The summed E-state index contributed by atoms with van der Waals surface area (Å²) in [5.41, 5.74) is 2.88. The van der Waals surface area contributed by atoms with Crippen LogP contribution in [0.3, 0.4) is 0 Å². The second-order valence-corrected chi connectivity index (χ2v) is 5.79. The molecule has 0 saturated heterocycles. The van der Waals surface area contributed by atoms with Gasteiger partial charge >= 0.3 is 0 Å². The summed E-state index contributed by atoms with van der Waals surface area (Å²) in [6.45, 7) is 3.43. The molecule has 0 unspecified atom stereocenters. The van der Waals surface area contributed by atoms with Crippen LogP contribution in [0.1, 0.15) is 15.9 Å². The molecule has 0 saturated carbocycles. The van der Waals surface area contributed by atoms with E-state index in [0.29, 0.717) is 13.1 Å². The van der Waals surface area contributed by atoms with Crippen molar-refractivity contribution >= 4 is 33.9 Å². The number of anilines is 2. The van der Waals surface area contributed by atoms with Gasteiger partial charge < -0.3 is 0 Å². The number of guanidine groups is 1. The highest BCUT2D eigenvalue weighted by Crippen LogP contribution is 2.39. The van der Waals surface area contributed by atoms with Crippen molar-refractivity contribution in [1.82, 2.24) is 4.90 Å². The summed E-state index contributed by atoms with van der Waals surface area (Å²) in [6.07, 6.45) is 0. The number of hydrogen-bond donors (Lipinski definition) is 0. The lowest BCUT2D eigenvalue weighted by molar-refractivity contribution is 0.0853. The van der Waals surface area contributed by atoms with Crippen LogP contribution in [0.15, 0.2) is 40.7 Å². The Morgan fingerprint density at radius 2 is 2.10 bits per heavy atom. The number of carbonyl (C=O) groups excluding carboxylic acids is 1. The predicted molar refractivity (Wildman–Crippen MR) is 81.0 cm³/mol. The van der Waals surface area contributed by atoms with Gasteiger partial charge in [-0.25, -0.2) is 0 Å². The lowest BCUT2D eigenvalue weighted by Crippen LogP contribution is -2.47. The van der Waals surface area contributed by atoms with Gasteiger partial charge in [-0.15, -0.1) is 11.3 Å². The van der Waals surface area contributed by atoms with Gasteiger partial charge in [-0.05, 0) is 36.1 Å². The largest absolute Gasteiger partial charge is 0.276 e. The van der Waals surface area contributed by atoms with Gasteiger partial charge in [-0.3, -0.25) is 19.6 Å². The molecule has 4 rings (SSSR count). The van der Waals surface area contributed by atoms with Gasteiger partial charge in [0.05, 0.1) is 17.8 Å². The molecule has 4 nitrogen and oxygen atoms in total. The third kappa shape index (κ3) is 1.47. The molecule has 0 atom stereocenters. The number of nitrogens with zero attached hydrogens (tertiary/aromatic N) is 3. The summed E-state index contributed by atoms with van der Waals surface area (Å²) in [5, 5.41) is 3.21. The Bertz CT molecular complexity index is 734. The minimum Gasteiger partial charge on any atom is -0.276 e. The highest BCUT2D eigenvalue weighted by atomic mass is 32.1. The van der Waals surface area contributed by atoms with E-state index in [1.165, 1.54) is 5.56 Å². The lowest BCUT2D eigenvalue weighted by Gasteiger charge is -2.35. The molecule has 100 valence electrons. The second kappa shape index (κ2) is 4.18. The number of hydrogen-bond acceptors (Lipinski definition) is 4. The molecule has 0 radical (unpaired) electrons. The number of fused-ring (bicyclic) bond motifs is 2. The van der Waals surface area contributed by atoms with E-state index in [0.717, 1.165) is 22.2 Å². The molecule has 2 aliphatic heterocycles. The molecule has 5 heteroatoms. The van der Waals surface area contributed by atoms with E-state index in [1.54, 1.807) is 16.2 Å². The molecule has 1 aromatic heterocycles. The maximum atomic E-state index is 12.5. The van der Waals surface area contributed by atoms with Crippen LogP contribution in [0.5, 0.6) is 0 Å². The van der Waals surface area contributed by atoms with Crippen LogP contribution >= 0.6 is 11.3 Å². The Labute approximate surface area is 121 Å². The van der Waals surface area contributed by atoms with Crippen LogP contribution in [-0.2, 0) is 0 Å². The molecule has 3 heterocycles. The van der Waals surface area contributed by atoms with Crippen molar-refractivity contribution in [1.29, 1.82) is 0 Å². The van der Waals surface area contributed by atoms with Crippen LogP contribution in [0.4, 0.5) is 10.7 Å². The number of rotatable bonds is 1. The Balaban J connectivity index is 1.98. The summed E-state index contributed by atoms with van der Waals surface area (Å²) in [6, 6.07) is 9.85. The van der Waals surface area contributed by atoms with Gasteiger partial charge in [0.1, 0.15) is 5.00 Å². The predicted octanol–water partition coefficient (Wildman–Crippen LogP) is 3.02. The van der Waals surface area contributed by atoms with Gasteiger partial charge in [0, 0.05) is 6.54 Å². The van der Waals surface area contributed by atoms with Crippen molar-refractivity contribution in [3.8, 4) is 0 Å². The van der Waals surface area contributed by atoms with E-state index < -0.39 is 0 Å². The number of amides is 1. The van der Waals surface area contributed by atoms with Crippen molar-refractivity contribution < 1.29 is 4.79 Å². The Kier molecular flexibility index (Phi) is 2.44. The first-order valence-corrected chi connectivity index (χ1v) is 7.45. The normalized spacial score (nSPS) is 17.1. The maximum absolute atomic E-state index is 12.5. The summed E-state index contributed by atoms with van der Waals surface area (Å²) in [7, 11) is 0. The topological polar surface area (TPSA) is 35.9 Å². The first-order valence-electron chi connectivity index (χ1n) is 6.57. The molecule has 2 aromatic rings. The fraction of sp³-hybridized carbons (Fsp3) is 0.200. The first-order chi connectivity index (χ1) is 9.77. The van der Waals surface area contributed by atoms with Crippen LogP contribution in [-0.4, -0.2) is 29.9 Å². The van der Waals surface area contributed by atoms with E-state index in [2.05, 4.69) is 28.3 Å². The summed E-state index contributed by atoms with van der Waals surface area (Å²) >= 11 is 1.68. The van der Waals surface area contributed by atoms with E-state index in [9.17, 15) is 4.79 Å². The Morgan fingerprint density at radius 1 is 1.25 bits per heavy atom. The molecule has 20 heavy (non-hydrogen) atoms. The van der Waals surface area contributed by atoms with Crippen molar-refractivity contribution in [3.05, 3.63) is 46.8 Å². The van der Waals surface area contributed by atoms with Gasteiger partial charge in [-0.2, -0.15) is 0 Å². The molecular weight excluding hydrogens is 270 g/mol. The van der Waals surface area contributed by atoms with Crippen molar-refractivity contribution in [3.63, 3.8) is 0 Å². The molecular formula is C15H13N3OS. The zero-order valence-corrected chi connectivity index (χ0v) is 11.9. The Morgan fingerprint density at radius 3 is 2.90 bits per heavy atom. The SMILES string of the molecule is Cc1ccsc1N1C2=NCCN2C(=O)c2ccccc21. The molecule has 0 bridgehead atoms. The van der Waals surface area contributed by atoms with Crippen LogP contribution < -0.4 is 4.90 Å². The molecule has 0 aliphatic carbocycles. The molecule has 0 fully saturated rings. The number of thiophene rings is 1. The monoisotopic (exact) mass is 283 g/mol. The minimum absolute atomic E-state index is 0.0577.